The van der Waals surface area contributed by atoms with E-state index in [9.17, 15) is 4.79 Å². The fourth-order valence-electron chi connectivity index (χ4n) is 4.27. The van der Waals surface area contributed by atoms with Crippen molar-refractivity contribution in [1.82, 2.24) is 5.32 Å². The third-order valence-electron chi connectivity index (χ3n) is 5.87. The van der Waals surface area contributed by atoms with Crippen molar-refractivity contribution in [3.8, 4) is 11.1 Å². The number of carbonyl (C=O) groups excluding carboxylic acids is 1. The third-order valence-corrected chi connectivity index (χ3v) is 6.13. The molecule has 1 amide bonds. The van der Waals surface area contributed by atoms with Crippen molar-refractivity contribution >= 4 is 34.8 Å². The Kier molecular flexibility index (Phi) is 7.45. The van der Waals surface area contributed by atoms with Crippen LogP contribution < -0.4 is 21.7 Å². The Hall–Kier alpha value is -3.64. The van der Waals surface area contributed by atoms with Crippen molar-refractivity contribution in [3.05, 3.63) is 88.6 Å². The number of allylic oxidation sites excluding steroid dienone is 1. The van der Waals surface area contributed by atoms with Crippen molar-refractivity contribution in [2.24, 2.45) is 5.73 Å². The molecule has 0 aliphatic carbocycles. The Morgan fingerprint density at radius 1 is 1.00 bits per heavy atom. The van der Waals surface area contributed by atoms with E-state index >= 15 is 0 Å². The van der Waals surface area contributed by atoms with Crippen molar-refractivity contribution < 1.29 is 9.53 Å². The topological polar surface area (TPSA) is 88.4 Å². The smallest absolute Gasteiger partial charge is 0.412 e. The van der Waals surface area contributed by atoms with E-state index in [2.05, 4.69) is 34.1 Å². The van der Waals surface area contributed by atoms with Crippen LogP contribution in [-0.4, -0.2) is 18.2 Å². The zero-order chi connectivity index (χ0) is 25.9. The lowest BCUT2D eigenvalue weighted by Gasteiger charge is -2.22. The fraction of sp³-hybridized carbons (Fsp3) is 0.276. The number of halogens is 1. The molecule has 0 radical (unpaired) electrons. The molecule has 1 aliphatic rings. The monoisotopic (exact) mass is 504 g/mol. The van der Waals surface area contributed by atoms with Crippen molar-refractivity contribution in [1.29, 1.82) is 0 Å². The molecule has 0 aromatic heterocycles. The van der Waals surface area contributed by atoms with E-state index in [-0.39, 0.29) is 6.04 Å². The molecule has 1 unspecified atom stereocenters. The number of fused-ring (bicyclic) bond motifs is 1. The van der Waals surface area contributed by atoms with Gasteiger partial charge in [-0.3, -0.25) is 5.32 Å². The summed E-state index contributed by atoms with van der Waals surface area (Å²) in [6, 6.07) is 22.0. The summed E-state index contributed by atoms with van der Waals surface area (Å²) < 4.78 is 5.34. The molecule has 3 aromatic carbocycles. The molecule has 1 heterocycles. The van der Waals surface area contributed by atoms with Crippen LogP contribution in [0.4, 0.5) is 16.2 Å². The van der Waals surface area contributed by atoms with Gasteiger partial charge in [-0.2, -0.15) is 0 Å². The van der Waals surface area contributed by atoms with Gasteiger partial charge in [0.25, 0.3) is 0 Å². The second-order valence-electron chi connectivity index (χ2n) is 9.98. The number of carbonyl (C=O) groups is 1. The van der Waals surface area contributed by atoms with Gasteiger partial charge in [0, 0.05) is 34.2 Å². The molecular formula is C29H33ClN4O2. The van der Waals surface area contributed by atoms with Gasteiger partial charge in [-0.15, -0.1) is 0 Å². The van der Waals surface area contributed by atoms with Crippen LogP contribution >= 0.6 is 11.6 Å². The van der Waals surface area contributed by atoms with Crippen LogP contribution in [0, 0.1) is 0 Å². The number of rotatable bonds is 4. The molecule has 188 valence electrons. The summed E-state index contributed by atoms with van der Waals surface area (Å²) in [5.74, 6) is 0. The van der Waals surface area contributed by atoms with Crippen LogP contribution in [0.25, 0.3) is 16.8 Å². The van der Waals surface area contributed by atoms with Gasteiger partial charge >= 0.3 is 6.09 Å². The number of nitrogens with two attached hydrogens (primary N) is 1. The lowest BCUT2D eigenvalue weighted by atomic mass is 9.92. The van der Waals surface area contributed by atoms with Gasteiger partial charge in [0.2, 0.25) is 0 Å². The summed E-state index contributed by atoms with van der Waals surface area (Å²) in [5.41, 5.74) is 13.5. The van der Waals surface area contributed by atoms with Gasteiger partial charge in [0.1, 0.15) is 5.60 Å². The summed E-state index contributed by atoms with van der Waals surface area (Å²) in [5, 5.41) is 10.7. The van der Waals surface area contributed by atoms with Crippen LogP contribution in [-0.2, 0) is 4.74 Å². The summed E-state index contributed by atoms with van der Waals surface area (Å²) >= 11 is 6.08. The summed E-state index contributed by atoms with van der Waals surface area (Å²) in [4.78, 5) is 12.1. The predicted molar refractivity (Wildman–Crippen MR) is 149 cm³/mol. The molecule has 1 atom stereocenters. The van der Waals surface area contributed by atoms with E-state index in [1.165, 1.54) is 5.56 Å². The second-order valence-corrected chi connectivity index (χ2v) is 10.4. The maximum absolute atomic E-state index is 12.1. The van der Waals surface area contributed by atoms with Crippen LogP contribution in [0.1, 0.15) is 51.3 Å². The van der Waals surface area contributed by atoms with E-state index in [1.54, 1.807) is 0 Å². The molecule has 5 N–H and O–H groups in total. The van der Waals surface area contributed by atoms with E-state index < -0.39 is 11.7 Å². The minimum absolute atomic E-state index is 0.0820. The van der Waals surface area contributed by atoms with Crippen LogP contribution in [0.3, 0.4) is 0 Å². The molecular weight excluding hydrogens is 472 g/mol. The average molecular weight is 505 g/mol. The molecule has 7 heteroatoms. The lowest BCUT2D eigenvalue weighted by Crippen LogP contribution is -2.27. The van der Waals surface area contributed by atoms with E-state index in [0.29, 0.717) is 10.7 Å². The first kappa shape index (κ1) is 25.5. The number of benzene rings is 3. The molecule has 3 aromatic rings. The molecule has 0 saturated carbocycles. The van der Waals surface area contributed by atoms with Crippen LogP contribution in [0.2, 0.25) is 5.02 Å². The Morgan fingerprint density at radius 2 is 1.64 bits per heavy atom. The zero-order valence-electron chi connectivity index (χ0n) is 21.1. The molecule has 36 heavy (non-hydrogen) atoms. The molecule has 0 fully saturated rings. The number of amides is 1. The molecule has 0 saturated heterocycles. The number of anilines is 2. The van der Waals surface area contributed by atoms with Gasteiger partial charge in [-0.25, -0.2) is 4.79 Å². The standard InChI is InChI=1S/C29H33ClN4O2/c1-18(31)27-24-14-7-20(19-5-10-23(11-6-19)34-28(35)36-29(2,3)4)17-25(24)26(15-16-32-27)33-22-12-8-21(30)9-13-22/h5-14,17,26,32-33H,15-16,31H2,1-4H3,(H,34,35)/b27-18-. The Balaban J connectivity index is 1.64. The number of hydrogen-bond donors (Lipinski definition) is 4. The van der Waals surface area contributed by atoms with Gasteiger partial charge in [-0.1, -0.05) is 35.9 Å². The van der Waals surface area contributed by atoms with E-state index in [1.807, 2.05) is 76.2 Å². The number of hydrogen-bond acceptors (Lipinski definition) is 5. The van der Waals surface area contributed by atoms with Gasteiger partial charge in [-0.05, 0) is 93.3 Å². The predicted octanol–water partition coefficient (Wildman–Crippen LogP) is 7.15. The second kappa shape index (κ2) is 10.5. The average Bonchev–Trinajstić information content (AvgIpc) is 2.99. The number of nitrogens with one attached hydrogen (secondary N) is 3. The first-order chi connectivity index (χ1) is 17.1. The van der Waals surface area contributed by atoms with Crippen LogP contribution in [0.5, 0.6) is 0 Å². The van der Waals surface area contributed by atoms with Gasteiger partial charge in [0.05, 0.1) is 11.7 Å². The maximum Gasteiger partial charge on any atom is 0.412 e. The van der Waals surface area contributed by atoms with E-state index in [4.69, 9.17) is 22.1 Å². The highest BCUT2D eigenvalue weighted by molar-refractivity contribution is 6.30. The summed E-state index contributed by atoms with van der Waals surface area (Å²) in [6.45, 7) is 8.23. The van der Waals surface area contributed by atoms with Crippen LogP contribution in [0.15, 0.2) is 72.4 Å². The first-order valence-corrected chi connectivity index (χ1v) is 12.4. The quantitative estimate of drug-likeness (QED) is 0.303. The van der Waals surface area contributed by atoms with Gasteiger partial charge < -0.3 is 21.1 Å². The first-order valence-electron chi connectivity index (χ1n) is 12.1. The summed E-state index contributed by atoms with van der Waals surface area (Å²) in [6.07, 6.45) is 0.412. The molecule has 6 nitrogen and oxygen atoms in total. The normalized spacial score (nSPS) is 16.8. The number of ether oxygens (including phenoxy) is 1. The minimum Gasteiger partial charge on any atom is -0.444 e. The molecule has 0 spiro atoms. The van der Waals surface area contributed by atoms with Crippen molar-refractivity contribution in [2.45, 2.75) is 45.8 Å². The SMILES string of the molecule is C/C(N)=C1/NCCC(Nc2ccc(Cl)cc2)c2cc(-c3ccc(NC(=O)OC(C)(C)C)cc3)ccc21. The summed E-state index contributed by atoms with van der Waals surface area (Å²) in [7, 11) is 0. The van der Waals surface area contributed by atoms with Crippen molar-refractivity contribution in [2.75, 3.05) is 17.2 Å². The molecule has 4 rings (SSSR count). The van der Waals surface area contributed by atoms with Gasteiger partial charge in [0.15, 0.2) is 0 Å². The van der Waals surface area contributed by atoms with Crippen molar-refractivity contribution in [3.63, 3.8) is 0 Å². The Bertz CT molecular complexity index is 1260. The fourth-order valence-corrected chi connectivity index (χ4v) is 4.39. The largest absolute Gasteiger partial charge is 0.444 e. The Morgan fingerprint density at radius 3 is 2.28 bits per heavy atom. The lowest BCUT2D eigenvalue weighted by molar-refractivity contribution is 0.0636. The highest BCUT2D eigenvalue weighted by Crippen LogP contribution is 2.35. The highest BCUT2D eigenvalue weighted by Gasteiger charge is 2.23. The highest BCUT2D eigenvalue weighted by atomic mass is 35.5. The minimum atomic E-state index is -0.549. The third kappa shape index (κ3) is 6.32. The maximum atomic E-state index is 12.1. The molecule has 0 bridgehead atoms. The Labute approximate surface area is 217 Å². The zero-order valence-corrected chi connectivity index (χ0v) is 21.9. The van der Waals surface area contributed by atoms with E-state index in [0.717, 1.165) is 46.7 Å². The molecule has 1 aliphatic heterocycles.